The third kappa shape index (κ3) is 3.10. The summed E-state index contributed by atoms with van der Waals surface area (Å²) in [6, 6.07) is 10.1. The van der Waals surface area contributed by atoms with Crippen molar-refractivity contribution < 1.29 is 23.0 Å². The average Bonchev–Trinajstić information content (AvgIpc) is 3.11. The van der Waals surface area contributed by atoms with Crippen LogP contribution in [0.25, 0.3) is 11.3 Å². The molecule has 0 aliphatic carbocycles. The Balaban J connectivity index is 2.05. The lowest BCUT2D eigenvalue weighted by Gasteiger charge is -2.28. The fraction of sp³-hybridized carbons (Fsp3) is 0.176. The van der Waals surface area contributed by atoms with Crippen molar-refractivity contribution in [3.05, 3.63) is 64.6 Å². The maximum absolute atomic E-state index is 13.7. The van der Waals surface area contributed by atoms with Gasteiger partial charge >= 0.3 is 6.18 Å². The summed E-state index contributed by atoms with van der Waals surface area (Å²) in [6.07, 6.45) is -3.46. The third-order valence-corrected chi connectivity index (χ3v) is 4.61. The van der Waals surface area contributed by atoms with Crippen molar-refractivity contribution in [1.29, 1.82) is 0 Å². The summed E-state index contributed by atoms with van der Waals surface area (Å²) < 4.78 is 46.0. The van der Waals surface area contributed by atoms with E-state index in [1.807, 2.05) is 0 Å². The first-order valence-corrected chi connectivity index (χ1v) is 8.05. The smallest absolute Gasteiger partial charge is 0.428 e. The van der Waals surface area contributed by atoms with E-state index in [-0.39, 0.29) is 5.56 Å². The predicted octanol–water partition coefficient (Wildman–Crippen LogP) is 4.01. The number of alkyl halides is 3. The number of rotatable bonds is 4. The minimum Gasteiger partial charge on any atom is -0.481 e. The molecule has 2 aromatic heterocycles. The predicted molar refractivity (Wildman–Crippen MR) is 87.4 cm³/mol. The fourth-order valence-electron chi connectivity index (χ4n) is 2.31. The molecule has 1 N–H and O–H groups in total. The normalized spacial score (nSPS) is 14.1. The molecule has 0 saturated heterocycles. The topological polar surface area (TPSA) is 55.2 Å². The zero-order valence-corrected chi connectivity index (χ0v) is 13.8. The molecule has 25 heavy (non-hydrogen) atoms. The van der Waals surface area contributed by atoms with Gasteiger partial charge in [0.15, 0.2) is 0 Å². The van der Waals surface area contributed by atoms with Gasteiger partial charge in [0.25, 0.3) is 0 Å². The Bertz CT molecular complexity index is 850. The Kier molecular flexibility index (Phi) is 4.49. The average molecular weight is 366 g/mol. The van der Waals surface area contributed by atoms with Gasteiger partial charge in [-0.05, 0) is 11.6 Å². The van der Waals surface area contributed by atoms with E-state index in [0.29, 0.717) is 17.1 Å². The van der Waals surface area contributed by atoms with Gasteiger partial charge in [0.1, 0.15) is 5.01 Å². The fourth-order valence-corrected chi connectivity index (χ4v) is 3.28. The van der Waals surface area contributed by atoms with Crippen LogP contribution in [-0.4, -0.2) is 28.4 Å². The Morgan fingerprint density at radius 1 is 1.08 bits per heavy atom. The molecule has 0 bridgehead atoms. The second-order valence-corrected chi connectivity index (χ2v) is 6.06. The molecule has 0 aliphatic heterocycles. The molecular formula is C17H13F3N2O2S. The maximum atomic E-state index is 13.7. The van der Waals surface area contributed by atoms with Crippen molar-refractivity contribution in [3.63, 3.8) is 0 Å². The van der Waals surface area contributed by atoms with E-state index in [4.69, 9.17) is 4.74 Å². The maximum Gasteiger partial charge on any atom is 0.428 e. The van der Waals surface area contributed by atoms with Gasteiger partial charge in [-0.2, -0.15) is 13.2 Å². The molecule has 0 fully saturated rings. The molecule has 1 atom stereocenters. The highest BCUT2D eigenvalue weighted by Gasteiger charge is 2.58. The van der Waals surface area contributed by atoms with E-state index < -0.39 is 16.8 Å². The first-order chi connectivity index (χ1) is 11.9. The third-order valence-electron chi connectivity index (χ3n) is 3.66. The standard InChI is InChI=1S/C17H13F3N2O2S/c1-24-14-8-7-11(9-21-14)13-10-25-15(22-13)16(23,17(18,19)20)12-5-3-2-4-6-12/h2-10,23H,1H3. The van der Waals surface area contributed by atoms with E-state index in [2.05, 4.69) is 9.97 Å². The molecule has 4 nitrogen and oxygen atoms in total. The first-order valence-electron chi connectivity index (χ1n) is 7.17. The van der Waals surface area contributed by atoms with E-state index in [1.54, 1.807) is 18.2 Å². The molecular weight excluding hydrogens is 353 g/mol. The van der Waals surface area contributed by atoms with Gasteiger partial charge in [0, 0.05) is 23.2 Å². The number of nitrogens with zero attached hydrogens (tertiary/aromatic N) is 2. The summed E-state index contributed by atoms with van der Waals surface area (Å²) in [5, 5.41) is 11.5. The Hall–Kier alpha value is -2.45. The van der Waals surface area contributed by atoms with Crippen molar-refractivity contribution in [2.75, 3.05) is 7.11 Å². The van der Waals surface area contributed by atoms with Crippen LogP contribution in [0.2, 0.25) is 0 Å². The molecule has 2 heterocycles. The highest BCUT2D eigenvalue weighted by molar-refractivity contribution is 7.10. The first kappa shape index (κ1) is 17.4. The summed E-state index contributed by atoms with van der Waals surface area (Å²) in [7, 11) is 1.46. The van der Waals surface area contributed by atoms with Gasteiger partial charge in [0.2, 0.25) is 11.5 Å². The lowest BCUT2D eigenvalue weighted by molar-refractivity contribution is -0.248. The lowest BCUT2D eigenvalue weighted by atomic mass is 9.94. The van der Waals surface area contributed by atoms with Crippen molar-refractivity contribution >= 4 is 11.3 Å². The van der Waals surface area contributed by atoms with Crippen LogP contribution in [-0.2, 0) is 5.60 Å². The van der Waals surface area contributed by atoms with Gasteiger partial charge in [-0.3, -0.25) is 0 Å². The number of pyridine rings is 1. The molecule has 3 aromatic rings. The number of thiazole rings is 1. The quantitative estimate of drug-likeness (QED) is 0.758. The summed E-state index contributed by atoms with van der Waals surface area (Å²) in [4.78, 5) is 8.03. The van der Waals surface area contributed by atoms with Gasteiger partial charge in [0.05, 0.1) is 12.8 Å². The van der Waals surface area contributed by atoms with Crippen LogP contribution in [0, 0.1) is 0 Å². The van der Waals surface area contributed by atoms with Crippen molar-refractivity contribution in [3.8, 4) is 17.1 Å². The van der Waals surface area contributed by atoms with Crippen LogP contribution in [0.3, 0.4) is 0 Å². The van der Waals surface area contributed by atoms with Crippen molar-refractivity contribution in [2.45, 2.75) is 11.8 Å². The number of methoxy groups -OCH3 is 1. The van der Waals surface area contributed by atoms with Gasteiger partial charge in [-0.15, -0.1) is 11.3 Å². The Labute approximate surface area is 145 Å². The van der Waals surface area contributed by atoms with Crippen LogP contribution < -0.4 is 4.74 Å². The monoisotopic (exact) mass is 366 g/mol. The SMILES string of the molecule is COc1ccc(-c2csc(C(O)(c3ccccc3)C(F)(F)F)n2)cn1. The second kappa shape index (κ2) is 6.45. The zero-order valence-electron chi connectivity index (χ0n) is 13.0. The highest BCUT2D eigenvalue weighted by atomic mass is 32.1. The lowest BCUT2D eigenvalue weighted by Crippen LogP contribution is -2.43. The molecule has 0 amide bonds. The van der Waals surface area contributed by atoms with Crippen LogP contribution in [0.5, 0.6) is 5.88 Å². The van der Waals surface area contributed by atoms with Crippen LogP contribution in [0.15, 0.2) is 54.0 Å². The molecule has 0 spiro atoms. The van der Waals surface area contributed by atoms with Gasteiger partial charge in [-0.25, -0.2) is 9.97 Å². The number of benzene rings is 1. The molecule has 0 radical (unpaired) electrons. The van der Waals surface area contributed by atoms with E-state index in [9.17, 15) is 18.3 Å². The number of halogens is 3. The molecule has 8 heteroatoms. The zero-order chi connectivity index (χ0) is 18.1. The molecule has 3 rings (SSSR count). The molecule has 0 saturated carbocycles. The van der Waals surface area contributed by atoms with Gasteiger partial charge < -0.3 is 9.84 Å². The summed E-state index contributed by atoms with van der Waals surface area (Å²) in [5.74, 6) is 0.385. The molecule has 130 valence electrons. The summed E-state index contributed by atoms with van der Waals surface area (Å²) >= 11 is 0.743. The number of ether oxygens (including phenoxy) is 1. The van der Waals surface area contributed by atoms with Crippen LogP contribution in [0.1, 0.15) is 10.6 Å². The summed E-state index contributed by atoms with van der Waals surface area (Å²) in [6.45, 7) is 0. The van der Waals surface area contributed by atoms with Crippen LogP contribution in [0.4, 0.5) is 13.2 Å². The van der Waals surface area contributed by atoms with Crippen molar-refractivity contribution in [2.24, 2.45) is 0 Å². The molecule has 1 aromatic carbocycles. The summed E-state index contributed by atoms with van der Waals surface area (Å²) in [5.41, 5.74) is -2.62. The van der Waals surface area contributed by atoms with Crippen molar-refractivity contribution in [1.82, 2.24) is 9.97 Å². The number of aliphatic hydroxyl groups is 1. The number of hydrogen-bond donors (Lipinski definition) is 1. The van der Waals surface area contributed by atoms with Crippen LogP contribution >= 0.6 is 11.3 Å². The minimum absolute atomic E-state index is 0.281. The Morgan fingerprint density at radius 2 is 1.80 bits per heavy atom. The number of aromatic nitrogens is 2. The van der Waals surface area contributed by atoms with E-state index in [0.717, 1.165) is 11.3 Å². The minimum atomic E-state index is -4.92. The largest absolute Gasteiger partial charge is 0.481 e. The highest BCUT2D eigenvalue weighted by Crippen LogP contribution is 2.45. The molecule has 0 aliphatic rings. The van der Waals surface area contributed by atoms with E-state index >= 15 is 0 Å². The van der Waals surface area contributed by atoms with E-state index in [1.165, 1.54) is 43.0 Å². The Morgan fingerprint density at radius 3 is 2.36 bits per heavy atom. The van der Waals surface area contributed by atoms with Gasteiger partial charge in [-0.1, -0.05) is 30.3 Å². The number of hydrogen-bond acceptors (Lipinski definition) is 5. The second-order valence-electron chi connectivity index (χ2n) is 5.20. The molecule has 1 unspecified atom stereocenters.